The second kappa shape index (κ2) is 19.3. The van der Waals surface area contributed by atoms with E-state index in [1.54, 1.807) is 0 Å². The molecule has 2 aliphatic rings. The van der Waals surface area contributed by atoms with Crippen molar-refractivity contribution in [3.05, 3.63) is 90.3 Å². The molecular formula is C38H40AuN2O9PS. The quantitative estimate of drug-likeness (QED) is 0.0851. The van der Waals surface area contributed by atoms with Gasteiger partial charge < -0.3 is 36.3 Å². The van der Waals surface area contributed by atoms with Gasteiger partial charge in [-0.25, -0.2) is 0 Å². The number of rotatable bonds is 8. The van der Waals surface area contributed by atoms with E-state index in [0.717, 1.165) is 45.0 Å². The normalized spacial score (nSPS) is 20.4. The van der Waals surface area contributed by atoms with Crippen molar-refractivity contribution in [1.29, 1.82) is 0 Å². The van der Waals surface area contributed by atoms with Gasteiger partial charge in [0.05, 0.1) is 11.4 Å². The zero-order chi connectivity index (χ0) is 36.5. The summed E-state index contributed by atoms with van der Waals surface area (Å²) in [7, 11) is -0.636. The van der Waals surface area contributed by atoms with Crippen molar-refractivity contribution in [2.24, 2.45) is 0 Å². The summed E-state index contributed by atoms with van der Waals surface area (Å²) in [4.78, 5) is 54.6. The zero-order valence-corrected chi connectivity index (χ0v) is 33.0. The minimum Gasteiger partial charge on any atom is -0.757 e. The number of aromatic nitrogens is 2. The minimum absolute atomic E-state index is 0. The van der Waals surface area contributed by atoms with Gasteiger partial charge in [-0.1, -0.05) is 50.0 Å². The molecule has 4 heterocycles. The standard InChI is InChI=1S/C24H21N2P.C14H20O9S.Au/c1-2-10-18(11-3-1)27-23(21-14-6-8-16-25-21)19-12-4-5-13-20(19)24(27)22-15-7-9-17-26-22;1-6(15)19-5-10-11(20-7(2)16)12(21-8(3)17)13(14(24)23-10)22-9(4)18;/h1-3,6-11,14-17H,4-5,12-13H2;10-14,24H,5H2,1-4H3;/q;;+1/p-1/t;10-,11-,12?,13-,14+;/m.1./s1. The molecular weight excluding hydrogens is 888 g/mol. The number of carbonyl (C=O) groups excluding carboxylic acids is 4. The van der Waals surface area contributed by atoms with Gasteiger partial charge in [0.25, 0.3) is 0 Å². The molecule has 1 unspecified atom stereocenters. The molecule has 52 heavy (non-hydrogen) atoms. The summed E-state index contributed by atoms with van der Waals surface area (Å²) in [5, 5.41) is 4.29. The molecule has 0 radical (unpaired) electrons. The smallest absolute Gasteiger partial charge is 0.757 e. The van der Waals surface area contributed by atoms with Crippen LogP contribution in [-0.4, -0.2) is 70.3 Å². The van der Waals surface area contributed by atoms with Crippen LogP contribution in [0.3, 0.4) is 0 Å². The number of carbonyl (C=O) groups is 4. The van der Waals surface area contributed by atoms with E-state index in [9.17, 15) is 19.2 Å². The van der Waals surface area contributed by atoms with Crippen molar-refractivity contribution in [1.82, 2.24) is 9.97 Å². The van der Waals surface area contributed by atoms with Crippen LogP contribution in [-0.2, 0) is 90.7 Å². The fraction of sp³-hybridized carbons (Fsp3) is 0.368. The topological polar surface area (TPSA) is 140 Å². The predicted molar refractivity (Wildman–Crippen MR) is 193 cm³/mol. The van der Waals surface area contributed by atoms with Crippen LogP contribution in [0.1, 0.15) is 51.7 Å². The Morgan fingerprint density at radius 3 is 1.63 bits per heavy atom. The van der Waals surface area contributed by atoms with E-state index >= 15 is 0 Å². The molecule has 278 valence electrons. The summed E-state index contributed by atoms with van der Waals surface area (Å²) in [6, 6.07) is 23.5. The summed E-state index contributed by atoms with van der Waals surface area (Å²) in [6.45, 7) is 4.36. The molecule has 1 fully saturated rings. The molecule has 0 N–H and O–H groups in total. The molecule has 0 bridgehead atoms. The van der Waals surface area contributed by atoms with Crippen LogP contribution in [0.4, 0.5) is 0 Å². The van der Waals surface area contributed by atoms with E-state index < -0.39 is 61.3 Å². The van der Waals surface area contributed by atoms with Gasteiger partial charge in [0.2, 0.25) is 0 Å². The Hall–Kier alpha value is -3.77. The largest absolute Gasteiger partial charge is 1.00 e. The van der Waals surface area contributed by atoms with Crippen molar-refractivity contribution in [3.8, 4) is 27.3 Å². The molecule has 5 atom stereocenters. The van der Waals surface area contributed by atoms with E-state index in [2.05, 4.69) is 54.6 Å². The first-order valence-corrected chi connectivity index (χ1v) is 18.5. The number of esters is 4. The van der Waals surface area contributed by atoms with Gasteiger partial charge >= 0.3 is 46.3 Å². The molecule has 1 aromatic carbocycles. The third kappa shape index (κ3) is 10.2. The van der Waals surface area contributed by atoms with Gasteiger partial charge in [0, 0.05) is 50.7 Å². The molecule has 3 aromatic heterocycles. The van der Waals surface area contributed by atoms with Crippen molar-refractivity contribution < 1.29 is 65.2 Å². The molecule has 11 nitrogen and oxygen atoms in total. The van der Waals surface area contributed by atoms with Gasteiger partial charge in [0.15, 0.2) is 12.2 Å². The Morgan fingerprint density at radius 2 is 1.17 bits per heavy atom. The van der Waals surface area contributed by atoms with E-state index in [0.29, 0.717) is 0 Å². The zero-order valence-electron chi connectivity index (χ0n) is 29.2. The van der Waals surface area contributed by atoms with Crippen LogP contribution >= 0.6 is 7.53 Å². The van der Waals surface area contributed by atoms with Crippen molar-refractivity contribution in [3.63, 3.8) is 0 Å². The van der Waals surface area contributed by atoms with Crippen LogP contribution in [0.5, 0.6) is 0 Å². The average Bonchev–Trinajstić information content (AvgIpc) is 3.46. The Balaban J connectivity index is 0.000000231. The van der Waals surface area contributed by atoms with Gasteiger partial charge in [0.1, 0.15) is 18.8 Å². The number of hydrogen-bond donors (Lipinski definition) is 0. The van der Waals surface area contributed by atoms with Gasteiger partial charge in [-0.05, 0) is 71.8 Å². The van der Waals surface area contributed by atoms with E-state index in [1.165, 1.54) is 46.8 Å². The number of fused-ring (bicyclic) bond motifs is 1. The number of ether oxygens (including phenoxy) is 5. The molecule has 1 aliphatic carbocycles. The Kier molecular flexibility index (Phi) is 15.3. The van der Waals surface area contributed by atoms with Crippen LogP contribution in [0, 0.1) is 0 Å². The maximum atomic E-state index is 11.4. The Labute approximate surface area is 325 Å². The minimum atomic E-state index is -1.19. The number of benzene rings is 1. The van der Waals surface area contributed by atoms with Gasteiger partial charge in [-0.3, -0.25) is 29.1 Å². The molecule has 0 amide bonds. The summed E-state index contributed by atoms with van der Waals surface area (Å²) in [5.41, 5.74) is 4.25. The Morgan fingerprint density at radius 1 is 0.692 bits per heavy atom. The van der Waals surface area contributed by atoms with Gasteiger partial charge in [-0.15, -0.1) is 0 Å². The van der Waals surface area contributed by atoms with Gasteiger partial charge in [-0.2, -0.15) is 0 Å². The second-order valence-electron chi connectivity index (χ2n) is 12.0. The van der Waals surface area contributed by atoms with Crippen molar-refractivity contribution in [2.75, 3.05) is 6.61 Å². The van der Waals surface area contributed by atoms with E-state index in [1.807, 2.05) is 24.5 Å². The molecule has 1 saturated heterocycles. The monoisotopic (exact) mass is 928 g/mol. The van der Waals surface area contributed by atoms with Crippen LogP contribution in [0.15, 0.2) is 79.1 Å². The number of pyridine rings is 2. The SMILES string of the molecule is CC(=O)OC[C@H]1O[C@@H]([S-])[C@H](OC(C)=O)C(OC(C)=O)[C@@H]1OC(C)=O.[Au+].c1ccc(-p2c(-c3ccccn3)c3c(c2-c2ccccn2)CCCC3)cc1. The van der Waals surface area contributed by atoms with Crippen LogP contribution in [0.2, 0.25) is 0 Å². The molecule has 0 saturated carbocycles. The third-order valence-corrected chi connectivity index (χ3v) is 11.4. The van der Waals surface area contributed by atoms with E-state index in [4.69, 9.17) is 46.3 Å². The first kappa shape index (κ1) is 41.0. The Bertz CT molecular complexity index is 1760. The first-order valence-electron chi connectivity index (χ1n) is 16.7. The molecule has 0 spiro atoms. The average molecular weight is 929 g/mol. The molecule has 6 rings (SSSR count). The summed E-state index contributed by atoms with van der Waals surface area (Å²) in [6.07, 6.45) is 4.21. The molecule has 1 aliphatic heterocycles. The van der Waals surface area contributed by atoms with Crippen LogP contribution < -0.4 is 0 Å². The van der Waals surface area contributed by atoms with Crippen molar-refractivity contribution >= 4 is 44.0 Å². The fourth-order valence-electron chi connectivity index (χ4n) is 6.38. The maximum absolute atomic E-state index is 11.4. The van der Waals surface area contributed by atoms with E-state index in [-0.39, 0.29) is 29.0 Å². The van der Waals surface area contributed by atoms with Crippen molar-refractivity contribution in [2.45, 2.75) is 83.2 Å². The second-order valence-corrected chi connectivity index (χ2v) is 14.6. The first-order chi connectivity index (χ1) is 24.5. The third-order valence-electron chi connectivity index (χ3n) is 8.26. The number of nitrogens with zero attached hydrogens (tertiary/aromatic N) is 2. The maximum Gasteiger partial charge on any atom is 1.00 e. The summed E-state index contributed by atoms with van der Waals surface area (Å²) < 4.78 is 25.7. The predicted octanol–water partition coefficient (Wildman–Crippen LogP) is 6.28. The molecule has 4 aromatic rings. The summed E-state index contributed by atoms with van der Waals surface area (Å²) >= 11 is 5.11. The summed E-state index contributed by atoms with van der Waals surface area (Å²) in [5.74, 6) is -2.62. The fourth-order valence-corrected chi connectivity index (χ4v) is 9.70. The number of hydrogen-bond acceptors (Lipinski definition) is 12. The molecule has 14 heteroatoms. The van der Waals surface area contributed by atoms with Crippen LogP contribution in [0.25, 0.3) is 27.3 Å².